The van der Waals surface area contributed by atoms with Crippen LogP contribution in [0.4, 0.5) is 13.2 Å². The smallest absolute Gasteiger partial charge is 0.416 e. The lowest BCUT2D eigenvalue weighted by Crippen LogP contribution is -2.51. The van der Waals surface area contributed by atoms with E-state index in [1.54, 1.807) is 19.2 Å². The highest BCUT2D eigenvalue weighted by atomic mass is 19.4. The van der Waals surface area contributed by atoms with Crippen LogP contribution in [0.5, 0.6) is 0 Å². The van der Waals surface area contributed by atoms with Crippen LogP contribution < -0.4 is 15.5 Å². The lowest BCUT2D eigenvalue weighted by atomic mass is 10.0. The number of piperidine rings is 1. The van der Waals surface area contributed by atoms with Gasteiger partial charge in [0.25, 0.3) is 0 Å². The Bertz CT molecular complexity index is 725. The van der Waals surface area contributed by atoms with Gasteiger partial charge in [0.05, 0.1) is 17.5 Å². The number of aliphatic hydroxyl groups excluding tert-OH is 2. The standard InChI is InChI=1S/C17H25F3N2O.C4H6O6/c1-23-12-4-11-22(15-7-9-21-10-8-15)13-14-5-2-3-6-16(14)17(18,19)20;5-1(3(7)8)2(6)4(9)10/h2-3,5-6,15,21H,4,7-13H2,1H3;1-2,5-6H,(H,7,8)(H,9,10)/p-2/t;1-,2-/m.1/s1. The first kappa shape index (κ1) is 28.8. The molecule has 0 radical (unpaired) electrons. The van der Waals surface area contributed by atoms with Gasteiger partial charge in [-0.1, -0.05) is 18.2 Å². The van der Waals surface area contributed by atoms with Crippen molar-refractivity contribution in [1.82, 2.24) is 10.2 Å². The predicted molar refractivity (Wildman–Crippen MR) is 106 cm³/mol. The van der Waals surface area contributed by atoms with E-state index >= 15 is 0 Å². The van der Waals surface area contributed by atoms with E-state index in [1.807, 2.05) is 0 Å². The summed E-state index contributed by atoms with van der Waals surface area (Å²) in [6, 6.07) is 6.22. The van der Waals surface area contributed by atoms with E-state index in [0.717, 1.165) is 38.9 Å². The minimum atomic E-state index is -4.30. The minimum absolute atomic E-state index is 0.328. The van der Waals surface area contributed by atoms with Crippen molar-refractivity contribution in [2.75, 3.05) is 33.4 Å². The number of methoxy groups -OCH3 is 1. The number of alkyl halides is 3. The number of carbonyl (C=O) groups is 2. The number of nitrogens with one attached hydrogen (secondary N) is 1. The van der Waals surface area contributed by atoms with Crippen molar-refractivity contribution >= 4 is 11.9 Å². The minimum Gasteiger partial charge on any atom is -0.547 e. The van der Waals surface area contributed by atoms with Crippen molar-refractivity contribution in [3.05, 3.63) is 35.4 Å². The highest BCUT2D eigenvalue weighted by Gasteiger charge is 2.33. The van der Waals surface area contributed by atoms with Gasteiger partial charge in [-0.3, -0.25) is 4.90 Å². The lowest BCUT2D eigenvalue weighted by Gasteiger charge is -2.35. The van der Waals surface area contributed by atoms with Gasteiger partial charge in [-0.05, 0) is 44.0 Å². The first-order valence-corrected chi connectivity index (χ1v) is 10.4. The number of halogens is 3. The zero-order valence-electron chi connectivity index (χ0n) is 18.2. The highest BCUT2D eigenvalue weighted by Crippen LogP contribution is 2.33. The normalized spacial score (nSPS) is 16.6. The molecule has 0 amide bonds. The summed E-state index contributed by atoms with van der Waals surface area (Å²) in [6.45, 7) is 3.57. The van der Waals surface area contributed by atoms with Crippen LogP contribution in [0.1, 0.15) is 30.4 Å². The van der Waals surface area contributed by atoms with Gasteiger partial charge in [-0.15, -0.1) is 0 Å². The number of hydrogen-bond acceptors (Lipinski definition) is 9. The van der Waals surface area contributed by atoms with E-state index in [0.29, 0.717) is 24.8 Å². The molecule has 3 N–H and O–H groups in total. The van der Waals surface area contributed by atoms with Gasteiger partial charge < -0.3 is 40.1 Å². The molecular weight excluding hydrogens is 449 g/mol. The molecule has 1 fully saturated rings. The van der Waals surface area contributed by atoms with E-state index in [9.17, 15) is 33.0 Å². The van der Waals surface area contributed by atoms with Crippen molar-refractivity contribution < 1.29 is 47.9 Å². The topological polar surface area (TPSA) is 145 Å². The first-order chi connectivity index (χ1) is 15.5. The third-order valence-electron chi connectivity index (χ3n) is 5.10. The van der Waals surface area contributed by atoms with E-state index < -0.39 is 35.9 Å². The Balaban J connectivity index is 0.000000461. The number of aliphatic hydroxyl groups is 2. The summed E-state index contributed by atoms with van der Waals surface area (Å²) in [5, 5.41) is 39.0. The van der Waals surface area contributed by atoms with Gasteiger partial charge in [0.15, 0.2) is 0 Å². The fourth-order valence-corrected chi connectivity index (χ4v) is 3.39. The van der Waals surface area contributed by atoms with Crippen LogP contribution in [0.25, 0.3) is 0 Å². The molecule has 1 aliphatic rings. The number of hydrogen-bond donors (Lipinski definition) is 3. The average Bonchev–Trinajstić information content (AvgIpc) is 2.78. The van der Waals surface area contributed by atoms with Gasteiger partial charge in [0.1, 0.15) is 12.2 Å². The Morgan fingerprint density at radius 3 is 2.18 bits per heavy atom. The van der Waals surface area contributed by atoms with Crippen LogP contribution >= 0.6 is 0 Å². The van der Waals surface area contributed by atoms with Crippen LogP contribution in [0.15, 0.2) is 24.3 Å². The Morgan fingerprint density at radius 1 is 1.15 bits per heavy atom. The van der Waals surface area contributed by atoms with Crippen molar-refractivity contribution in [2.45, 2.75) is 50.2 Å². The Morgan fingerprint density at radius 2 is 1.70 bits per heavy atom. The Kier molecular flexibility index (Phi) is 12.3. The SMILES string of the molecule is COCCCN(Cc1ccccc1C(F)(F)F)C1CCNCC1.O=C([O-])[C@H](O)[C@@H](O)C(=O)[O-]. The molecule has 33 heavy (non-hydrogen) atoms. The molecule has 0 aliphatic carbocycles. The van der Waals surface area contributed by atoms with Crippen LogP contribution in [0.3, 0.4) is 0 Å². The number of benzene rings is 1. The molecule has 2 rings (SSSR count). The van der Waals surface area contributed by atoms with Gasteiger partial charge in [0.2, 0.25) is 0 Å². The van der Waals surface area contributed by atoms with Gasteiger partial charge >= 0.3 is 6.18 Å². The largest absolute Gasteiger partial charge is 0.547 e. The molecule has 9 nitrogen and oxygen atoms in total. The monoisotopic (exact) mass is 478 g/mol. The van der Waals surface area contributed by atoms with Gasteiger partial charge in [-0.2, -0.15) is 13.2 Å². The summed E-state index contributed by atoms with van der Waals surface area (Å²) in [7, 11) is 1.65. The molecule has 0 spiro atoms. The molecule has 2 atom stereocenters. The van der Waals surface area contributed by atoms with Crippen molar-refractivity contribution in [1.29, 1.82) is 0 Å². The maximum absolute atomic E-state index is 13.2. The Hall–Kier alpha value is -2.25. The second-order valence-electron chi connectivity index (χ2n) is 7.48. The third-order valence-corrected chi connectivity index (χ3v) is 5.10. The van der Waals surface area contributed by atoms with E-state index in [4.69, 9.17) is 14.9 Å². The predicted octanol–water partition coefficient (Wildman–Crippen LogP) is -1.50. The van der Waals surface area contributed by atoms with E-state index in [2.05, 4.69) is 10.2 Å². The molecule has 1 saturated heterocycles. The van der Waals surface area contributed by atoms with Crippen LogP contribution in [-0.4, -0.2) is 78.7 Å². The lowest BCUT2D eigenvalue weighted by molar-refractivity contribution is -0.333. The number of nitrogens with zero attached hydrogens (tertiary/aromatic N) is 1. The fourth-order valence-electron chi connectivity index (χ4n) is 3.39. The molecular formula is C21H29F3N2O7-2. The number of carboxylic acids is 2. The Labute approximate surface area is 189 Å². The summed E-state index contributed by atoms with van der Waals surface area (Å²) in [5.41, 5.74) is -0.165. The molecule has 1 aromatic carbocycles. The van der Waals surface area contributed by atoms with E-state index in [1.165, 1.54) is 12.1 Å². The van der Waals surface area contributed by atoms with Crippen LogP contribution in [-0.2, 0) is 27.0 Å². The molecule has 0 unspecified atom stereocenters. The van der Waals surface area contributed by atoms with Crippen molar-refractivity contribution in [2.24, 2.45) is 0 Å². The third kappa shape index (κ3) is 10.0. The maximum Gasteiger partial charge on any atom is 0.416 e. The zero-order chi connectivity index (χ0) is 25.0. The summed E-state index contributed by atoms with van der Waals surface area (Å²) in [6.07, 6.45) is -6.41. The molecule has 0 saturated carbocycles. The van der Waals surface area contributed by atoms with Crippen molar-refractivity contribution in [3.63, 3.8) is 0 Å². The van der Waals surface area contributed by atoms with Crippen LogP contribution in [0.2, 0.25) is 0 Å². The molecule has 0 aromatic heterocycles. The number of rotatable bonds is 10. The van der Waals surface area contributed by atoms with E-state index in [-0.39, 0.29) is 0 Å². The molecule has 1 heterocycles. The highest BCUT2D eigenvalue weighted by molar-refractivity contribution is 5.80. The molecule has 0 bridgehead atoms. The molecule has 188 valence electrons. The number of aliphatic carboxylic acids is 2. The number of carboxylic acid groups (broad SMARTS) is 2. The average molecular weight is 478 g/mol. The van der Waals surface area contributed by atoms with Gasteiger partial charge in [0, 0.05) is 32.8 Å². The van der Waals surface area contributed by atoms with Crippen LogP contribution in [0, 0.1) is 0 Å². The summed E-state index contributed by atoms with van der Waals surface area (Å²) < 4.78 is 44.7. The van der Waals surface area contributed by atoms with Gasteiger partial charge in [-0.25, -0.2) is 0 Å². The number of carbonyl (C=O) groups excluding carboxylic acids is 2. The second kappa shape index (κ2) is 14.1. The molecule has 12 heteroatoms. The van der Waals surface area contributed by atoms with Crippen molar-refractivity contribution in [3.8, 4) is 0 Å². The zero-order valence-corrected chi connectivity index (χ0v) is 18.2. The molecule has 1 aliphatic heterocycles. The summed E-state index contributed by atoms with van der Waals surface area (Å²) >= 11 is 0. The quantitative estimate of drug-likeness (QED) is 0.342. The second-order valence-corrected chi connectivity index (χ2v) is 7.48. The fraction of sp³-hybridized carbons (Fsp3) is 0.619. The maximum atomic E-state index is 13.2. The first-order valence-electron chi connectivity index (χ1n) is 10.4. The molecule has 1 aromatic rings. The number of ether oxygens (including phenoxy) is 1. The summed E-state index contributed by atoms with van der Waals surface area (Å²) in [5.74, 6) is -4.12. The summed E-state index contributed by atoms with van der Waals surface area (Å²) in [4.78, 5) is 21.5.